The molecular weight excluding hydrogens is 260 g/mol. The largest absolute Gasteiger partial charge is 0.383 e. The molecule has 0 fully saturated rings. The van der Waals surface area contributed by atoms with Gasteiger partial charge >= 0.3 is 0 Å². The zero-order valence-corrected chi connectivity index (χ0v) is 11.5. The van der Waals surface area contributed by atoms with Crippen molar-refractivity contribution in [3.05, 3.63) is 35.7 Å². The highest BCUT2D eigenvalue weighted by Crippen LogP contribution is 2.36. The summed E-state index contributed by atoms with van der Waals surface area (Å²) >= 11 is 0. The lowest BCUT2D eigenvalue weighted by Gasteiger charge is -2.27. The maximum atomic E-state index is 13.4. The minimum atomic E-state index is -0.619. The molecule has 0 spiro atoms. The van der Waals surface area contributed by atoms with Gasteiger partial charge in [-0.15, -0.1) is 0 Å². The summed E-state index contributed by atoms with van der Waals surface area (Å²) in [5.74, 6) is 0.688. The number of anilines is 1. The fraction of sp³-hybridized carbons (Fsp3) is 0.400. The van der Waals surface area contributed by atoms with Crippen LogP contribution in [0.15, 0.2) is 18.2 Å². The summed E-state index contributed by atoms with van der Waals surface area (Å²) in [6.45, 7) is 4.26. The van der Waals surface area contributed by atoms with Crippen LogP contribution in [0, 0.1) is 17.6 Å². The molecule has 2 atom stereocenters. The third-order valence-electron chi connectivity index (χ3n) is 3.87. The Labute approximate surface area is 116 Å². The smallest absolute Gasteiger partial charge is 0.131 e. The fourth-order valence-electron chi connectivity index (χ4n) is 3.11. The van der Waals surface area contributed by atoms with Crippen molar-refractivity contribution >= 4 is 5.82 Å². The van der Waals surface area contributed by atoms with E-state index in [0.717, 1.165) is 24.7 Å². The third-order valence-corrected chi connectivity index (χ3v) is 3.87. The molecule has 3 nitrogen and oxygen atoms in total. The highest BCUT2D eigenvalue weighted by Gasteiger charge is 2.27. The molecule has 1 aliphatic heterocycles. The predicted molar refractivity (Wildman–Crippen MR) is 74.2 cm³/mol. The van der Waals surface area contributed by atoms with E-state index in [4.69, 9.17) is 5.73 Å². The monoisotopic (exact) mass is 277 g/mol. The standard InChI is InChI=1S/C15H17F2N3/c1-8-3-9(2)20-13(4-8)19-14(15(20)18)10-5-11(16)7-12(17)6-10/h5-9H,3-4,18H2,1-2H3. The molecule has 1 aromatic heterocycles. The third kappa shape index (κ3) is 2.07. The fourth-order valence-corrected chi connectivity index (χ4v) is 3.11. The summed E-state index contributed by atoms with van der Waals surface area (Å²) in [6.07, 6.45) is 1.87. The quantitative estimate of drug-likeness (QED) is 0.866. The van der Waals surface area contributed by atoms with Crippen LogP contribution < -0.4 is 5.73 Å². The Morgan fingerprint density at radius 2 is 1.85 bits per heavy atom. The molecular formula is C15H17F2N3. The van der Waals surface area contributed by atoms with Gasteiger partial charge in [0, 0.05) is 24.1 Å². The molecule has 2 heterocycles. The van der Waals surface area contributed by atoms with Gasteiger partial charge in [0.2, 0.25) is 0 Å². The SMILES string of the molecule is CC1Cc2nc(-c3cc(F)cc(F)c3)c(N)n2C(C)C1. The van der Waals surface area contributed by atoms with Crippen molar-refractivity contribution in [2.45, 2.75) is 32.7 Å². The van der Waals surface area contributed by atoms with Crippen molar-refractivity contribution in [1.29, 1.82) is 0 Å². The van der Waals surface area contributed by atoms with Gasteiger partial charge < -0.3 is 10.3 Å². The molecule has 106 valence electrons. The number of nitrogen functional groups attached to an aromatic ring is 1. The van der Waals surface area contributed by atoms with Crippen molar-refractivity contribution in [3.8, 4) is 11.3 Å². The highest BCUT2D eigenvalue weighted by atomic mass is 19.1. The summed E-state index contributed by atoms with van der Waals surface area (Å²) in [5.41, 5.74) is 7.01. The molecule has 2 unspecified atom stereocenters. The molecule has 1 aromatic carbocycles. The molecule has 2 N–H and O–H groups in total. The second-order valence-electron chi connectivity index (χ2n) is 5.68. The van der Waals surface area contributed by atoms with Crippen LogP contribution in [0.3, 0.4) is 0 Å². The number of hydrogen-bond acceptors (Lipinski definition) is 2. The number of nitrogens with zero attached hydrogens (tertiary/aromatic N) is 2. The van der Waals surface area contributed by atoms with Crippen molar-refractivity contribution < 1.29 is 8.78 Å². The van der Waals surface area contributed by atoms with E-state index in [1.54, 1.807) is 0 Å². The molecule has 0 saturated carbocycles. The molecule has 2 aromatic rings. The van der Waals surface area contributed by atoms with E-state index >= 15 is 0 Å². The van der Waals surface area contributed by atoms with Crippen molar-refractivity contribution in [1.82, 2.24) is 9.55 Å². The lowest BCUT2D eigenvalue weighted by atomic mass is 9.95. The summed E-state index contributed by atoms with van der Waals surface area (Å²) < 4.78 is 28.7. The normalized spacial score (nSPS) is 21.8. The maximum Gasteiger partial charge on any atom is 0.131 e. The van der Waals surface area contributed by atoms with E-state index in [2.05, 4.69) is 18.8 Å². The first kappa shape index (κ1) is 13.1. The zero-order valence-electron chi connectivity index (χ0n) is 11.5. The number of hydrogen-bond donors (Lipinski definition) is 1. The van der Waals surface area contributed by atoms with Crippen molar-refractivity contribution in [2.75, 3.05) is 5.73 Å². The van der Waals surface area contributed by atoms with E-state index in [0.29, 0.717) is 23.0 Å². The lowest BCUT2D eigenvalue weighted by Crippen LogP contribution is -2.22. The summed E-state index contributed by atoms with van der Waals surface area (Å²) in [6, 6.07) is 3.64. The van der Waals surface area contributed by atoms with E-state index < -0.39 is 11.6 Å². The zero-order chi connectivity index (χ0) is 14.4. The second-order valence-corrected chi connectivity index (χ2v) is 5.68. The van der Waals surface area contributed by atoms with E-state index in [9.17, 15) is 8.78 Å². The average molecular weight is 277 g/mol. The molecule has 0 radical (unpaired) electrons. The van der Waals surface area contributed by atoms with Gasteiger partial charge in [-0.25, -0.2) is 13.8 Å². The van der Waals surface area contributed by atoms with Crippen molar-refractivity contribution in [3.63, 3.8) is 0 Å². The Bertz CT molecular complexity index is 643. The van der Waals surface area contributed by atoms with Crippen LogP contribution in [0.4, 0.5) is 14.6 Å². The highest BCUT2D eigenvalue weighted by molar-refractivity contribution is 5.71. The number of benzene rings is 1. The Hall–Kier alpha value is -1.91. The summed E-state index contributed by atoms with van der Waals surface area (Å²) in [5, 5.41) is 0. The number of halogens is 2. The van der Waals surface area contributed by atoms with Crippen molar-refractivity contribution in [2.24, 2.45) is 5.92 Å². The van der Waals surface area contributed by atoms with Crippen LogP contribution >= 0.6 is 0 Å². The molecule has 20 heavy (non-hydrogen) atoms. The van der Waals surface area contributed by atoms with E-state index in [1.165, 1.54) is 12.1 Å². The first-order chi connectivity index (χ1) is 9.45. The number of aromatic nitrogens is 2. The minimum absolute atomic E-state index is 0.258. The first-order valence-corrected chi connectivity index (χ1v) is 6.78. The number of imidazole rings is 1. The molecule has 0 aliphatic carbocycles. The molecule has 0 saturated heterocycles. The number of nitrogens with two attached hydrogens (primary N) is 1. The Morgan fingerprint density at radius 1 is 1.20 bits per heavy atom. The Kier molecular flexibility index (Phi) is 3.00. The van der Waals surface area contributed by atoms with Crippen LogP contribution in [0.1, 0.15) is 32.1 Å². The maximum absolute atomic E-state index is 13.4. The molecule has 1 aliphatic rings. The summed E-state index contributed by atoms with van der Waals surface area (Å²) in [7, 11) is 0. The average Bonchev–Trinajstić information content (AvgIpc) is 2.65. The van der Waals surface area contributed by atoms with Gasteiger partial charge in [-0.1, -0.05) is 6.92 Å². The van der Waals surface area contributed by atoms with Crippen LogP contribution in [-0.4, -0.2) is 9.55 Å². The van der Waals surface area contributed by atoms with Gasteiger partial charge in [0.15, 0.2) is 0 Å². The van der Waals surface area contributed by atoms with E-state index in [-0.39, 0.29) is 6.04 Å². The first-order valence-electron chi connectivity index (χ1n) is 6.78. The molecule has 5 heteroatoms. The van der Waals surface area contributed by atoms with E-state index in [1.807, 2.05) is 4.57 Å². The second kappa shape index (κ2) is 4.58. The van der Waals surface area contributed by atoms with Crippen LogP contribution in [0.5, 0.6) is 0 Å². The summed E-state index contributed by atoms with van der Waals surface area (Å²) in [4.78, 5) is 4.51. The molecule has 3 rings (SSSR count). The Balaban J connectivity index is 2.14. The number of rotatable bonds is 1. The van der Waals surface area contributed by atoms with Crippen LogP contribution in [0.2, 0.25) is 0 Å². The molecule has 0 amide bonds. The Morgan fingerprint density at radius 3 is 2.50 bits per heavy atom. The van der Waals surface area contributed by atoms with Gasteiger partial charge in [0.25, 0.3) is 0 Å². The molecule has 0 bridgehead atoms. The van der Waals surface area contributed by atoms with Gasteiger partial charge in [-0.3, -0.25) is 0 Å². The van der Waals surface area contributed by atoms with Crippen LogP contribution in [0.25, 0.3) is 11.3 Å². The predicted octanol–water partition coefficient (Wildman–Crippen LogP) is 3.55. The van der Waals surface area contributed by atoms with Gasteiger partial charge in [0.05, 0.1) is 0 Å². The number of fused-ring (bicyclic) bond motifs is 1. The minimum Gasteiger partial charge on any atom is -0.383 e. The van der Waals surface area contributed by atoms with Gasteiger partial charge in [-0.2, -0.15) is 0 Å². The van der Waals surface area contributed by atoms with Gasteiger partial charge in [-0.05, 0) is 31.4 Å². The van der Waals surface area contributed by atoms with Gasteiger partial charge in [0.1, 0.15) is 29.0 Å². The topological polar surface area (TPSA) is 43.8 Å². The van der Waals surface area contributed by atoms with Crippen LogP contribution in [-0.2, 0) is 6.42 Å². The lowest BCUT2D eigenvalue weighted by molar-refractivity contribution is 0.346.